The van der Waals surface area contributed by atoms with E-state index in [1.807, 2.05) is 0 Å². The lowest BCUT2D eigenvalue weighted by Crippen LogP contribution is -2.29. The number of nitrogens with two attached hydrogens (primary N) is 1. The summed E-state index contributed by atoms with van der Waals surface area (Å²) in [6.45, 7) is 3.73. The molecular formula is C39H78NO8P. The third-order valence-electron chi connectivity index (χ3n) is 8.99. The van der Waals surface area contributed by atoms with E-state index in [0.29, 0.717) is 6.42 Å². The highest BCUT2D eigenvalue weighted by molar-refractivity contribution is 7.47. The molecular weight excluding hydrogens is 641 g/mol. The van der Waals surface area contributed by atoms with Crippen molar-refractivity contribution >= 4 is 19.8 Å². The maximum Gasteiger partial charge on any atom is 0.472 e. The summed E-state index contributed by atoms with van der Waals surface area (Å²) in [7, 11) is -4.36. The fourth-order valence-corrected chi connectivity index (χ4v) is 6.69. The molecule has 1 unspecified atom stereocenters. The van der Waals surface area contributed by atoms with Gasteiger partial charge in [-0.05, 0) is 12.8 Å². The van der Waals surface area contributed by atoms with Gasteiger partial charge in [0.05, 0.1) is 13.2 Å². The Labute approximate surface area is 301 Å². The summed E-state index contributed by atoms with van der Waals surface area (Å²) in [6.07, 6.45) is 34.3. The molecule has 0 spiro atoms. The Bertz CT molecular complexity index is 784. The number of rotatable bonds is 39. The van der Waals surface area contributed by atoms with E-state index in [9.17, 15) is 19.0 Å². The quantitative estimate of drug-likeness (QED) is 0.0361. The summed E-state index contributed by atoms with van der Waals surface area (Å²) in [5.41, 5.74) is 5.33. The Balaban J connectivity index is 4.03. The third kappa shape index (κ3) is 36.6. The molecule has 0 saturated heterocycles. The minimum atomic E-state index is -4.36. The highest BCUT2D eigenvalue weighted by Gasteiger charge is 2.26. The van der Waals surface area contributed by atoms with E-state index < -0.39 is 26.5 Å². The number of carbonyl (C=O) groups excluding carboxylic acids is 2. The zero-order chi connectivity index (χ0) is 36.1. The molecule has 0 rings (SSSR count). The van der Waals surface area contributed by atoms with Gasteiger partial charge in [0.2, 0.25) is 0 Å². The molecule has 0 saturated carbocycles. The van der Waals surface area contributed by atoms with Crippen molar-refractivity contribution in [3.05, 3.63) is 0 Å². The number of hydrogen-bond donors (Lipinski definition) is 2. The van der Waals surface area contributed by atoms with Gasteiger partial charge in [0.1, 0.15) is 6.61 Å². The monoisotopic (exact) mass is 720 g/mol. The van der Waals surface area contributed by atoms with Crippen LogP contribution in [-0.2, 0) is 32.7 Å². The Hall–Kier alpha value is -0.990. The summed E-state index contributed by atoms with van der Waals surface area (Å²) in [5, 5.41) is 0. The zero-order valence-electron chi connectivity index (χ0n) is 31.9. The number of phosphoric acid groups is 1. The van der Waals surface area contributed by atoms with Crippen molar-refractivity contribution in [1.29, 1.82) is 0 Å². The van der Waals surface area contributed by atoms with Crippen LogP contribution in [-0.4, -0.2) is 49.3 Å². The molecule has 2 atom stereocenters. The molecule has 0 aliphatic carbocycles. The van der Waals surface area contributed by atoms with Crippen molar-refractivity contribution < 1.29 is 37.6 Å². The van der Waals surface area contributed by atoms with Gasteiger partial charge in [-0.25, -0.2) is 4.57 Å². The van der Waals surface area contributed by atoms with Crippen LogP contribution in [0, 0.1) is 0 Å². The summed E-state index contributed by atoms with van der Waals surface area (Å²) >= 11 is 0. The van der Waals surface area contributed by atoms with Crippen LogP contribution in [0.15, 0.2) is 0 Å². The van der Waals surface area contributed by atoms with Crippen LogP contribution in [0.3, 0.4) is 0 Å². The molecule has 0 amide bonds. The van der Waals surface area contributed by atoms with Gasteiger partial charge in [-0.1, -0.05) is 181 Å². The molecule has 49 heavy (non-hydrogen) atoms. The van der Waals surface area contributed by atoms with Gasteiger partial charge in [0, 0.05) is 19.4 Å². The van der Waals surface area contributed by atoms with E-state index in [-0.39, 0.29) is 38.6 Å². The standard InChI is InChI=1S/C39H78NO8P/c1-3-5-7-9-11-13-14-15-16-17-18-19-20-21-22-24-25-27-29-31-38(41)45-35-37(36-47-49(43,44)46-34-33-40)48-39(42)32-30-28-26-23-12-10-8-6-4-2/h37H,3-36,40H2,1-2H3,(H,43,44)/t37-/m0/s1. The lowest BCUT2D eigenvalue weighted by molar-refractivity contribution is -0.161. The predicted octanol–water partition coefficient (Wildman–Crippen LogP) is 11.3. The molecule has 0 aromatic carbocycles. The van der Waals surface area contributed by atoms with Gasteiger partial charge >= 0.3 is 19.8 Å². The molecule has 0 aromatic rings. The lowest BCUT2D eigenvalue weighted by Gasteiger charge is -2.19. The van der Waals surface area contributed by atoms with Crippen molar-refractivity contribution in [3.63, 3.8) is 0 Å². The molecule has 0 fully saturated rings. The second kappa shape index (κ2) is 36.8. The van der Waals surface area contributed by atoms with Crippen LogP contribution in [0.1, 0.15) is 206 Å². The topological polar surface area (TPSA) is 134 Å². The normalized spacial score (nSPS) is 13.3. The van der Waals surface area contributed by atoms with Crippen LogP contribution < -0.4 is 5.73 Å². The van der Waals surface area contributed by atoms with Gasteiger partial charge in [-0.3, -0.25) is 18.6 Å². The maximum atomic E-state index is 12.5. The Morgan fingerprint density at radius 3 is 1.24 bits per heavy atom. The molecule has 0 heterocycles. The molecule has 0 aromatic heterocycles. The fourth-order valence-electron chi connectivity index (χ4n) is 5.93. The van der Waals surface area contributed by atoms with Gasteiger partial charge in [-0.2, -0.15) is 0 Å². The molecule has 0 aliphatic heterocycles. The summed E-state index contributed by atoms with van der Waals surface area (Å²) in [6, 6.07) is 0. The number of hydrogen-bond acceptors (Lipinski definition) is 8. The Kier molecular flexibility index (Phi) is 36.0. The van der Waals surface area contributed by atoms with E-state index in [1.165, 1.54) is 141 Å². The summed E-state index contributed by atoms with van der Waals surface area (Å²) in [5.74, 6) is -0.819. The van der Waals surface area contributed by atoms with E-state index in [1.54, 1.807) is 0 Å². The number of esters is 2. The molecule has 292 valence electrons. The highest BCUT2D eigenvalue weighted by atomic mass is 31.2. The Morgan fingerprint density at radius 2 is 0.878 bits per heavy atom. The third-order valence-corrected chi connectivity index (χ3v) is 9.98. The average Bonchev–Trinajstić information content (AvgIpc) is 3.08. The average molecular weight is 720 g/mol. The highest BCUT2D eigenvalue weighted by Crippen LogP contribution is 2.43. The van der Waals surface area contributed by atoms with Crippen molar-refractivity contribution in [2.75, 3.05) is 26.4 Å². The fraction of sp³-hybridized carbons (Fsp3) is 0.949. The second-order valence-electron chi connectivity index (χ2n) is 13.9. The SMILES string of the molecule is CCCCCCCCCCCCCCCCCCCCCC(=O)OC[C@@H](COP(=O)(O)OCCN)OC(=O)CCCCCCCCCCC. The smallest absolute Gasteiger partial charge is 0.462 e. The van der Waals surface area contributed by atoms with Crippen LogP contribution in [0.5, 0.6) is 0 Å². The van der Waals surface area contributed by atoms with E-state index in [2.05, 4.69) is 13.8 Å². The van der Waals surface area contributed by atoms with Crippen molar-refractivity contribution in [1.82, 2.24) is 0 Å². The van der Waals surface area contributed by atoms with Crippen molar-refractivity contribution in [3.8, 4) is 0 Å². The first-order valence-corrected chi connectivity index (χ1v) is 22.0. The summed E-state index contributed by atoms with van der Waals surface area (Å²) in [4.78, 5) is 34.7. The second-order valence-corrected chi connectivity index (χ2v) is 15.3. The number of phosphoric ester groups is 1. The predicted molar refractivity (Wildman–Crippen MR) is 201 cm³/mol. The van der Waals surface area contributed by atoms with Crippen molar-refractivity contribution in [2.24, 2.45) is 5.73 Å². The molecule has 9 nitrogen and oxygen atoms in total. The Morgan fingerprint density at radius 1 is 0.531 bits per heavy atom. The van der Waals surface area contributed by atoms with Gasteiger partial charge in [-0.15, -0.1) is 0 Å². The van der Waals surface area contributed by atoms with Crippen LogP contribution in [0.4, 0.5) is 0 Å². The summed E-state index contributed by atoms with van der Waals surface area (Å²) < 4.78 is 32.6. The van der Waals surface area contributed by atoms with Crippen LogP contribution in [0.2, 0.25) is 0 Å². The minimum Gasteiger partial charge on any atom is -0.462 e. The maximum absolute atomic E-state index is 12.5. The number of unbranched alkanes of at least 4 members (excludes halogenated alkanes) is 26. The largest absolute Gasteiger partial charge is 0.472 e. The number of ether oxygens (including phenoxy) is 2. The number of carbonyl (C=O) groups is 2. The molecule has 10 heteroatoms. The van der Waals surface area contributed by atoms with Gasteiger partial charge in [0.25, 0.3) is 0 Å². The van der Waals surface area contributed by atoms with Gasteiger partial charge in [0.15, 0.2) is 6.10 Å². The molecule has 3 N–H and O–H groups in total. The van der Waals surface area contributed by atoms with E-state index in [4.69, 9.17) is 24.3 Å². The van der Waals surface area contributed by atoms with E-state index >= 15 is 0 Å². The van der Waals surface area contributed by atoms with Crippen LogP contribution >= 0.6 is 7.82 Å². The van der Waals surface area contributed by atoms with Crippen molar-refractivity contribution in [2.45, 2.75) is 213 Å². The van der Waals surface area contributed by atoms with E-state index in [0.717, 1.165) is 32.1 Å². The first kappa shape index (κ1) is 48.0. The first-order valence-electron chi connectivity index (χ1n) is 20.5. The van der Waals surface area contributed by atoms with Crippen LogP contribution in [0.25, 0.3) is 0 Å². The van der Waals surface area contributed by atoms with Gasteiger partial charge < -0.3 is 20.1 Å². The molecule has 0 bridgehead atoms. The lowest BCUT2D eigenvalue weighted by atomic mass is 10.0. The molecule has 0 aliphatic rings. The molecule has 0 radical (unpaired) electrons. The zero-order valence-corrected chi connectivity index (χ0v) is 32.8. The minimum absolute atomic E-state index is 0.0577. The first-order chi connectivity index (χ1) is 23.8.